The Balaban J connectivity index is 1.85. The summed E-state index contributed by atoms with van der Waals surface area (Å²) in [7, 11) is -3.55. The number of para-hydroxylation sites is 1. The molecule has 0 N–H and O–H groups in total. The summed E-state index contributed by atoms with van der Waals surface area (Å²) in [5.74, 6) is -0.940. The zero-order valence-corrected chi connectivity index (χ0v) is 15.5. The molecular weight excluding hydrogens is 358 g/mol. The zero-order chi connectivity index (χ0) is 18.0. The van der Waals surface area contributed by atoms with Gasteiger partial charge in [0.2, 0.25) is 5.91 Å². The van der Waals surface area contributed by atoms with Crippen molar-refractivity contribution in [2.75, 3.05) is 23.1 Å². The fraction of sp³-hybridized carbons (Fsp3) is 0.316. The molecule has 132 valence electrons. The van der Waals surface area contributed by atoms with Crippen LogP contribution in [-0.4, -0.2) is 32.5 Å². The van der Waals surface area contributed by atoms with E-state index in [9.17, 15) is 13.2 Å². The second kappa shape index (κ2) is 7.18. The Hall–Kier alpha value is -1.85. The van der Waals surface area contributed by atoms with Gasteiger partial charge in [-0.2, -0.15) is 0 Å². The molecule has 0 spiro atoms. The number of amides is 1. The predicted octanol–water partition coefficient (Wildman–Crippen LogP) is 3.29. The number of alkyl halides is 1. The van der Waals surface area contributed by atoms with Gasteiger partial charge in [-0.05, 0) is 31.2 Å². The van der Waals surface area contributed by atoms with Crippen molar-refractivity contribution in [2.24, 2.45) is 11.8 Å². The highest BCUT2D eigenvalue weighted by Gasteiger charge is 2.43. The van der Waals surface area contributed by atoms with E-state index < -0.39 is 15.8 Å². The first-order valence-electron chi connectivity index (χ1n) is 8.14. The van der Waals surface area contributed by atoms with E-state index in [-0.39, 0.29) is 28.4 Å². The number of benzene rings is 2. The van der Waals surface area contributed by atoms with Gasteiger partial charge in [0.05, 0.1) is 16.6 Å². The molecule has 0 saturated carbocycles. The summed E-state index contributed by atoms with van der Waals surface area (Å²) in [6.07, 6.45) is 0. The van der Waals surface area contributed by atoms with Crippen LogP contribution in [0.5, 0.6) is 0 Å². The summed E-state index contributed by atoms with van der Waals surface area (Å²) in [5.41, 5.74) is 1.77. The van der Waals surface area contributed by atoms with Crippen molar-refractivity contribution in [3.05, 3.63) is 60.2 Å². The molecule has 3 rings (SSSR count). The molecule has 1 saturated heterocycles. The summed E-state index contributed by atoms with van der Waals surface area (Å²) in [5, 5.41) is 0. The minimum atomic E-state index is -3.55. The summed E-state index contributed by atoms with van der Waals surface area (Å²) >= 11 is 6.04. The third kappa shape index (κ3) is 3.72. The molecule has 2 aromatic rings. The van der Waals surface area contributed by atoms with Crippen molar-refractivity contribution in [2.45, 2.75) is 11.8 Å². The highest BCUT2D eigenvalue weighted by atomic mass is 35.5. The van der Waals surface area contributed by atoms with Crippen LogP contribution in [0.1, 0.15) is 5.56 Å². The number of rotatable bonds is 5. The van der Waals surface area contributed by atoms with Crippen molar-refractivity contribution in [1.29, 1.82) is 0 Å². The number of anilines is 1. The van der Waals surface area contributed by atoms with Crippen molar-refractivity contribution in [1.82, 2.24) is 0 Å². The first-order chi connectivity index (χ1) is 11.9. The summed E-state index contributed by atoms with van der Waals surface area (Å²) in [6.45, 7) is 2.35. The standard InChI is InChI=1S/C19H20ClNO3S/c1-14-7-9-17(10-8-14)25(23,24)13-18-15(11-20)12-21(19(18)22)16-5-3-2-4-6-16/h2-10,15,18H,11-13H2,1H3/t15-,18+/m0/s1. The third-order valence-corrected chi connectivity index (χ3v) is 6.80. The number of hydrogen-bond donors (Lipinski definition) is 0. The monoisotopic (exact) mass is 377 g/mol. The molecule has 25 heavy (non-hydrogen) atoms. The van der Waals surface area contributed by atoms with Crippen LogP contribution in [0.4, 0.5) is 5.69 Å². The number of sulfone groups is 1. The zero-order valence-electron chi connectivity index (χ0n) is 13.9. The number of nitrogens with zero attached hydrogens (tertiary/aromatic N) is 1. The van der Waals surface area contributed by atoms with Crippen LogP contribution >= 0.6 is 11.6 Å². The lowest BCUT2D eigenvalue weighted by Crippen LogP contribution is -2.30. The van der Waals surface area contributed by atoms with Crippen molar-refractivity contribution < 1.29 is 13.2 Å². The molecule has 1 fully saturated rings. The van der Waals surface area contributed by atoms with E-state index in [2.05, 4.69) is 0 Å². The van der Waals surface area contributed by atoms with Gasteiger partial charge in [0.25, 0.3) is 0 Å². The number of hydrogen-bond acceptors (Lipinski definition) is 3. The Kier molecular flexibility index (Phi) is 5.16. The van der Waals surface area contributed by atoms with E-state index in [4.69, 9.17) is 11.6 Å². The molecule has 2 aromatic carbocycles. The van der Waals surface area contributed by atoms with Gasteiger partial charge in [0, 0.05) is 24.0 Å². The maximum absolute atomic E-state index is 12.8. The summed E-state index contributed by atoms with van der Waals surface area (Å²) in [6, 6.07) is 16.0. The largest absolute Gasteiger partial charge is 0.312 e. The number of aryl methyl sites for hydroxylation is 1. The Morgan fingerprint density at radius 2 is 1.72 bits per heavy atom. The van der Waals surface area contributed by atoms with Crippen LogP contribution in [0.3, 0.4) is 0 Å². The number of carbonyl (C=O) groups is 1. The topological polar surface area (TPSA) is 54.5 Å². The van der Waals surface area contributed by atoms with Gasteiger partial charge in [-0.15, -0.1) is 11.6 Å². The normalized spacial score (nSPS) is 20.9. The Morgan fingerprint density at radius 3 is 2.32 bits per heavy atom. The van der Waals surface area contributed by atoms with Gasteiger partial charge in [-0.3, -0.25) is 4.79 Å². The lowest BCUT2D eigenvalue weighted by Gasteiger charge is -2.16. The molecule has 0 aliphatic carbocycles. The fourth-order valence-electron chi connectivity index (χ4n) is 3.14. The van der Waals surface area contributed by atoms with Gasteiger partial charge >= 0.3 is 0 Å². The highest BCUT2D eigenvalue weighted by Crippen LogP contribution is 2.32. The molecule has 0 unspecified atom stereocenters. The van der Waals surface area contributed by atoms with E-state index in [1.165, 1.54) is 0 Å². The molecule has 0 radical (unpaired) electrons. The third-order valence-electron chi connectivity index (χ3n) is 4.61. The van der Waals surface area contributed by atoms with Crippen LogP contribution in [-0.2, 0) is 14.6 Å². The van der Waals surface area contributed by atoms with Gasteiger partial charge in [0.15, 0.2) is 9.84 Å². The molecule has 6 heteroatoms. The Bertz CT molecular complexity index is 850. The molecule has 1 aliphatic heterocycles. The second-order valence-electron chi connectivity index (χ2n) is 6.40. The molecule has 0 bridgehead atoms. The van der Waals surface area contributed by atoms with E-state index in [1.54, 1.807) is 29.2 Å². The maximum Gasteiger partial charge on any atom is 0.231 e. The predicted molar refractivity (Wildman–Crippen MR) is 99.7 cm³/mol. The lowest BCUT2D eigenvalue weighted by atomic mass is 10.00. The quantitative estimate of drug-likeness (QED) is 0.751. The average Bonchev–Trinajstić information content (AvgIpc) is 2.92. The van der Waals surface area contributed by atoms with Gasteiger partial charge < -0.3 is 4.90 Å². The average molecular weight is 378 g/mol. The van der Waals surface area contributed by atoms with Crippen LogP contribution in [0.2, 0.25) is 0 Å². The van der Waals surface area contributed by atoms with Gasteiger partial charge in [-0.1, -0.05) is 35.9 Å². The first-order valence-corrected chi connectivity index (χ1v) is 10.3. The van der Waals surface area contributed by atoms with Gasteiger partial charge in [0.1, 0.15) is 0 Å². The van der Waals surface area contributed by atoms with Crippen LogP contribution in [0.15, 0.2) is 59.5 Å². The van der Waals surface area contributed by atoms with Crippen molar-refractivity contribution in [3.63, 3.8) is 0 Å². The molecule has 1 amide bonds. The Labute approximate surface area is 153 Å². The van der Waals surface area contributed by atoms with E-state index >= 15 is 0 Å². The molecule has 1 heterocycles. The SMILES string of the molecule is Cc1ccc(S(=O)(=O)C[C@H]2C(=O)N(c3ccccc3)C[C@@H]2CCl)cc1. The van der Waals surface area contributed by atoms with Crippen molar-refractivity contribution in [3.8, 4) is 0 Å². The molecule has 2 atom stereocenters. The summed E-state index contributed by atoms with van der Waals surface area (Å²) < 4.78 is 25.5. The number of carbonyl (C=O) groups excluding carboxylic acids is 1. The van der Waals surface area contributed by atoms with Crippen molar-refractivity contribution >= 4 is 33.0 Å². The molecule has 4 nitrogen and oxygen atoms in total. The minimum Gasteiger partial charge on any atom is -0.312 e. The van der Waals surface area contributed by atoms with E-state index in [0.717, 1.165) is 11.3 Å². The number of halogens is 1. The van der Waals surface area contributed by atoms with Crippen LogP contribution in [0, 0.1) is 18.8 Å². The van der Waals surface area contributed by atoms with Gasteiger partial charge in [-0.25, -0.2) is 8.42 Å². The molecular formula is C19H20ClNO3S. The van der Waals surface area contributed by atoms with E-state index in [0.29, 0.717) is 6.54 Å². The highest BCUT2D eigenvalue weighted by molar-refractivity contribution is 7.91. The molecule has 0 aromatic heterocycles. The van der Waals surface area contributed by atoms with Crippen LogP contribution in [0.25, 0.3) is 0 Å². The molecule has 1 aliphatic rings. The second-order valence-corrected chi connectivity index (χ2v) is 8.74. The smallest absolute Gasteiger partial charge is 0.231 e. The minimum absolute atomic E-state index is 0.174. The summed E-state index contributed by atoms with van der Waals surface area (Å²) in [4.78, 5) is 14.7. The first kappa shape index (κ1) is 18.0. The van der Waals surface area contributed by atoms with Crippen LogP contribution < -0.4 is 4.90 Å². The lowest BCUT2D eigenvalue weighted by molar-refractivity contribution is -0.120. The maximum atomic E-state index is 12.8. The van der Waals surface area contributed by atoms with E-state index in [1.807, 2.05) is 37.3 Å². The fourth-order valence-corrected chi connectivity index (χ4v) is 5.08. The Morgan fingerprint density at radius 1 is 1.08 bits per heavy atom.